The van der Waals surface area contributed by atoms with E-state index in [-0.39, 0.29) is 0 Å². The van der Waals surface area contributed by atoms with E-state index in [2.05, 4.69) is 41.4 Å². The Kier molecular flexibility index (Phi) is 3.27. The van der Waals surface area contributed by atoms with Gasteiger partial charge in [0.25, 0.3) is 0 Å². The number of piperidine rings is 1. The number of fused-ring (bicyclic) bond motifs is 1. The molecule has 102 valence electrons. The Morgan fingerprint density at radius 1 is 1.32 bits per heavy atom. The second-order valence-corrected chi connectivity index (χ2v) is 5.80. The van der Waals surface area contributed by atoms with Gasteiger partial charge in [-0.05, 0) is 45.0 Å². The summed E-state index contributed by atoms with van der Waals surface area (Å²) in [5, 5.41) is 0. The Morgan fingerprint density at radius 2 is 2.16 bits per heavy atom. The zero-order valence-electron chi connectivity index (χ0n) is 12.0. The third kappa shape index (κ3) is 2.14. The first kappa shape index (κ1) is 12.6. The van der Waals surface area contributed by atoms with Crippen LogP contribution in [-0.4, -0.2) is 33.0 Å². The molecule has 3 heterocycles. The molecule has 2 aromatic heterocycles. The predicted octanol–water partition coefficient (Wildman–Crippen LogP) is 3.17. The molecular formula is C15H22N4. The van der Waals surface area contributed by atoms with Crippen LogP contribution in [-0.2, 0) is 0 Å². The zero-order valence-corrected chi connectivity index (χ0v) is 12.0. The molecule has 0 aliphatic carbocycles. The van der Waals surface area contributed by atoms with Crippen molar-refractivity contribution in [3.63, 3.8) is 0 Å². The number of likely N-dealkylation sites (tertiary alicyclic amines) is 1. The molecule has 2 aromatic rings. The standard InChI is InChI=1S/C15H22N4/c1-11(2)14-17-12-7-6-9-16-15(12)19(14)13-8-4-5-10-18(13)3/h6-7,9,11,13H,4-5,8,10H2,1-3H3. The van der Waals surface area contributed by atoms with Crippen molar-refractivity contribution in [3.05, 3.63) is 24.2 Å². The number of pyridine rings is 1. The maximum Gasteiger partial charge on any atom is 0.161 e. The number of rotatable bonds is 2. The van der Waals surface area contributed by atoms with Gasteiger partial charge in [-0.25, -0.2) is 9.97 Å². The van der Waals surface area contributed by atoms with E-state index >= 15 is 0 Å². The van der Waals surface area contributed by atoms with Gasteiger partial charge in [0.2, 0.25) is 0 Å². The van der Waals surface area contributed by atoms with Crippen molar-refractivity contribution in [2.24, 2.45) is 0 Å². The van der Waals surface area contributed by atoms with Crippen LogP contribution in [0.15, 0.2) is 18.3 Å². The molecule has 1 atom stereocenters. The highest BCUT2D eigenvalue weighted by Gasteiger charge is 2.26. The summed E-state index contributed by atoms with van der Waals surface area (Å²) in [4.78, 5) is 11.8. The van der Waals surface area contributed by atoms with Crippen molar-refractivity contribution >= 4 is 11.2 Å². The van der Waals surface area contributed by atoms with Crippen molar-refractivity contribution in [2.45, 2.75) is 45.2 Å². The molecule has 1 aliphatic rings. The average Bonchev–Trinajstić information content (AvgIpc) is 2.79. The lowest BCUT2D eigenvalue weighted by atomic mass is 10.1. The average molecular weight is 258 g/mol. The van der Waals surface area contributed by atoms with Crippen molar-refractivity contribution in [1.82, 2.24) is 19.4 Å². The summed E-state index contributed by atoms with van der Waals surface area (Å²) >= 11 is 0. The van der Waals surface area contributed by atoms with Gasteiger partial charge in [0.1, 0.15) is 11.3 Å². The Labute approximate surface area is 114 Å². The quantitative estimate of drug-likeness (QED) is 0.829. The molecular weight excluding hydrogens is 236 g/mol. The molecule has 0 spiro atoms. The van der Waals surface area contributed by atoms with Gasteiger partial charge in [0, 0.05) is 12.1 Å². The van der Waals surface area contributed by atoms with Crippen LogP contribution >= 0.6 is 0 Å². The molecule has 1 unspecified atom stereocenters. The van der Waals surface area contributed by atoms with Gasteiger partial charge in [-0.3, -0.25) is 9.47 Å². The van der Waals surface area contributed by atoms with Crippen molar-refractivity contribution in [2.75, 3.05) is 13.6 Å². The minimum absolute atomic E-state index is 0.408. The van der Waals surface area contributed by atoms with Gasteiger partial charge in [-0.2, -0.15) is 0 Å². The van der Waals surface area contributed by atoms with Crippen LogP contribution in [0.3, 0.4) is 0 Å². The number of aromatic nitrogens is 3. The highest BCUT2D eigenvalue weighted by molar-refractivity contribution is 5.71. The lowest BCUT2D eigenvalue weighted by Gasteiger charge is -2.34. The van der Waals surface area contributed by atoms with Crippen molar-refractivity contribution < 1.29 is 0 Å². The monoisotopic (exact) mass is 258 g/mol. The van der Waals surface area contributed by atoms with E-state index < -0.39 is 0 Å². The molecule has 3 rings (SSSR count). The number of hydrogen-bond donors (Lipinski definition) is 0. The lowest BCUT2D eigenvalue weighted by molar-refractivity contribution is 0.126. The first-order valence-corrected chi connectivity index (χ1v) is 7.21. The molecule has 19 heavy (non-hydrogen) atoms. The van der Waals surface area contributed by atoms with Crippen LogP contribution < -0.4 is 0 Å². The molecule has 4 nitrogen and oxygen atoms in total. The highest BCUT2D eigenvalue weighted by atomic mass is 15.3. The van der Waals surface area contributed by atoms with Crippen LogP contribution in [0.1, 0.15) is 51.0 Å². The van der Waals surface area contributed by atoms with Crippen molar-refractivity contribution in [3.8, 4) is 0 Å². The Bertz CT molecular complexity index is 573. The third-order valence-electron chi connectivity index (χ3n) is 4.02. The Hall–Kier alpha value is -1.42. The van der Waals surface area contributed by atoms with Gasteiger partial charge < -0.3 is 0 Å². The topological polar surface area (TPSA) is 34.0 Å². The van der Waals surface area contributed by atoms with Crippen molar-refractivity contribution in [1.29, 1.82) is 0 Å². The normalized spacial score (nSPS) is 21.4. The summed E-state index contributed by atoms with van der Waals surface area (Å²) in [5.74, 6) is 1.58. The zero-order chi connectivity index (χ0) is 13.4. The molecule has 1 saturated heterocycles. The summed E-state index contributed by atoms with van der Waals surface area (Å²) in [7, 11) is 2.21. The number of hydrogen-bond acceptors (Lipinski definition) is 3. The molecule has 0 N–H and O–H groups in total. The largest absolute Gasteiger partial charge is 0.296 e. The maximum atomic E-state index is 4.80. The van der Waals surface area contributed by atoms with Gasteiger partial charge in [0.05, 0.1) is 6.17 Å². The molecule has 0 amide bonds. The Morgan fingerprint density at radius 3 is 2.89 bits per heavy atom. The maximum absolute atomic E-state index is 4.80. The fourth-order valence-corrected chi connectivity index (χ4v) is 3.03. The molecule has 0 radical (unpaired) electrons. The predicted molar refractivity (Wildman–Crippen MR) is 77.1 cm³/mol. The first-order valence-electron chi connectivity index (χ1n) is 7.21. The van der Waals surface area contributed by atoms with E-state index in [0.29, 0.717) is 12.1 Å². The van der Waals surface area contributed by atoms with Gasteiger partial charge in [-0.1, -0.05) is 13.8 Å². The molecule has 1 aliphatic heterocycles. The van der Waals surface area contributed by atoms with E-state index in [1.165, 1.54) is 19.3 Å². The van der Waals surface area contributed by atoms with Crippen LogP contribution in [0.4, 0.5) is 0 Å². The number of imidazole rings is 1. The van der Waals surface area contributed by atoms with E-state index in [0.717, 1.165) is 23.5 Å². The van der Waals surface area contributed by atoms with E-state index in [9.17, 15) is 0 Å². The molecule has 1 fully saturated rings. The summed E-state index contributed by atoms with van der Waals surface area (Å²) in [6.45, 7) is 5.58. The molecule has 0 saturated carbocycles. The fourth-order valence-electron chi connectivity index (χ4n) is 3.03. The van der Waals surface area contributed by atoms with Crippen LogP contribution in [0, 0.1) is 0 Å². The minimum Gasteiger partial charge on any atom is -0.296 e. The fraction of sp³-hybridized carbons (Fsp3) is 0.600. The SMILES string of the molecule is CC(C)c1nc2cccnc2n1C1CCCCN1C. The van der Waals surface area contributed by atoms with E-state index in [4.69, 9.17) is 4.98 Å². The van der Waals surface area contributed by atoms with E-state index in [1.807, 2.05) is 12.3 Å². The smallest absolute Gasteiger partial charge is 0.161 e. The second-order valence-electron chi connectivity index (χ2n) is 5.80. The molecule has 4 heteroatoms. The van der Waals surface area contributed by atoms with Crippen LogP contribution in [0.2, 0.25) is 0 Å². The molecule has 0 aromatic carbocycles. The summed E-state index contributed by atoms with van der Waals surface area (Å²) in [5.41, 5.74) is 2.05. The third-order valence-corrected chi connectivity index (χ3v) is 4.02. The number of nitrogens with zero attached hydrogens (tertiary/aromatic N) is 4. The van der Waals surface area contributed by atoms with Gasteiger partial charge in [-0.15, -0.1) is 0 Å². The van der Waals surface area contributed by atoms with Crippen LogP contribution in [0.25, 0.3) is 11.2 Å². The minimum atomic E-state index is 0.408. The molecule has 0 bridgehead atoms. The Balaban J connectivity index is 2.16. The highest BCUT2D eigenvalue weighted by Crippen LogP contribution is 2.31. The summed E-state index contributed by atoms with van der Waals surface area (Å²) in [6.07, 6.45) is 6.06. The van der Waals surface area contributed by atoms with Gasteiger partial charge >= 0.3 is 0 Å². The van der Waals surface area contributed by atoms with E-state index in [1.54, 1.807) is 0 Å². The van der Waals surface area contributed by atoms with Crippen LogP contribution in [0.5, 0.6) is 0 Å². The second kappa shape index (κ2) is 4.93. The van der Waals surface area contributed by atoms with Gasteiger partial charge in [0.15, 0.2) is 5.65 Å². The summed E-state index contributed by atoms with van der Waals surface area (Å²) in [6, 6.07) is 4.03. The first-order chi connectivity index (χ1) is 9.18. The summed E-state index contributed by atoms with van der Waals surface area (Å²) < 4.78 is 2.36. The lowest BCUT2D eigenvalue weighted by Crippen LogP contribution is -2.34.